The SMILES string of the molecule is O=C(Cn1cc(Cl)c([N+](=O)[O-])n1)c1cccc([N+](=O)[O-])c1. The van der Waals surface area contributed by atoms with Crippen molar-refractivity contribution in [3.8, 4) is 0 Å². The van der Waals surface area contributed by atoms with Crippen LogP contribution < -0.4 is 0 Å². The Morgan fingerprint density at radius 1 is 1.29 bits per heavy atom. The molecule has 21 heavy (non-hydrogen) atoms. The van der Waals surface area contributed by atoms with Crippen molar-refractivity contribution in [2.45, 2.75) is 6.54 Å². The van der Waals surface area contributed by atoms with E-state index >= 15 is 0 Å². The molecule has 0 aliphatic carbocycles. The van der Waals surface area contributed by atoms with Gasteiger partial charge in [-0.2, -0.15) is 4.68 Å². The molecule has 0 unspecified atom stereocenters. The number of rotatable bonds is 5. The Bertz CT molecular complexity index is 742. The highest BCUT2D eigenvalue weighted by Crippen LogP contribution is 2.21. The van der Waals surface area contributed by atoms with Gasteiger partial charge in [0.1, 0.15) is 6.54 Å². The zero-order valence-corrected chi connectivity index (χ0v) is 11.1. The van der Waals surface area contributed by atoms with Crippen LogP contribution in [0.4, 0.5) is 11.5 Å². The molecule has 1 heterocycles. The van der Waals surface area contributed by atoms with Gasteiger partial charge in [-0.3, -0.25) is 14.9 Å². The molecular weight excluding hydrogens is 304 g/mol. The molecule has 2 aromatic rings. The summed E-state index contributed by atoms with van der Waals surface area (Å²) in [5.41, 5.74) is -0.108. The standard InChI is InChI=1S/C11H7ClN4O5/c12-9-5-14(13-11(9)16(20)21)6-10(17)7-2-1-3-8(4-7)15(18)19/h1-5H,6H2. The van der Waals surface area contributed by atoms with Crippen LogP contribution in [0.3, 0.4) is 0 Å². The third kappa shape index (κ3) is 3.20. The molecule has 0 bridgehead atoms. The first kappa shape index (κ1) is 14.6. The normalized spacial score (nSPS) is 10.3. The number of Topliss-reactive ketones (excluding diaryl/α,β-unsaturated/α-hetero) is 1. The molecule has 0 atom stereocenters. The maximum Gasteiger partial charge on any atom is 0.408 e. The number of nitro benzene ring substituents is 1. The maximum absolute atomic E-state index is 12.0. The molecule has 0 radical (unpaired) electrons. The van der Waals surface area contributed by atoms with Crippen molar-refractivity contribution in [2.75, 3.05) is 0 Å². The molecular formula is C11H7ClN4O5. The van der Waals surface area contributed by atoms with Gasteiger partial charge in [-0.25, -0.2) is 0 Å². The van der Waals surface area contributed by atoms with Crippen molar-refractivity contribution >= 4 is 28.9 Å². The summed E-state index contributed by atoms with van der Waals surface area (Å²) in [6.45, 7) is -0.311. The van der Waals surface area contributed by atoms with Crippen LogP contribution >= 0.6 is 11.6 Å². The number of hydrogen-bond acceptors (Lipinski definition) is 6. The number of benzene rings is 1. The topological polar surface area (TPSA) is 121 Å². The van der Waals surface area contributed by atoms with Gasteiger partial charge in [-0.05, 0) is 4.92 Å². The van der Waals surface area contributed by atoms with E-state index in [4.69, 9.17) is 11.6 Å². The van der Waals surface area contributed by atoms with Crippen LogP contribution in [0.2, 0.25) is 5.02 Å². The number of aromatic nitrogens is 2. The summed E-state index contributed by atoms with van der Waals surface area (Å²) in [4.78, 5) is 31.8. The highest BCUT2D eigenvalue weighted by Gasteiger charge is 2.21. The summed E-state index contributed by atoms with van der Waals surface area (Å²) in [5.74, 6) is -1.03. The van der Waals surface area contributed by atoms with E-state index in [9.17, 15) is 25.0 Å². The van der Waals surface area contributed by atoms with Crippen LogP contribution in [0.5, 0.6) is 0 Å². The summed E-state index contributed by atoms with van der Waals surface area (Å²) in [7, 11) is 0. The molecule has 9 nitrogen and oxygen atoms in total. The second-order valence-corrected chi connectivity index (χ2v) is 4.39. The Labute approximate surface area is 122 Å². The fraction of sp³-hybridized carbons (Fsp3) is 0.0909. The van der Waals surface area contributed by atoms with Gasteiger partial charge < -0.3 is 10.1 Å². The number of nitro groups is 2. The molecule has 10 heteroatoms. The minimum atomic E-state index is -0.767. The maximum atomic E-state index is 12.0. The second kappa shape index (κ2) is 5.67. The molecule has 1 aromatic carbocycles. The largest absolute Gasteiger partial charge is 0.408 e. The van der Waals surface area contributed by atoms with E-state index in [1.54, 1.807) is 0 Å². The third-order valence-electron chi connectivity index (χ3n) is 2.56. The zero-order valence-electron chi connectivity index (χ0n) is 10.3. The van der Waals surface area contributed by atoms with Gasteiger partial charge in [-0.1, -0.05) is 23.7 Å². The Kier molecular flexibility index (Phi) is 3.94. The van der Waals surface area contributed by atoms with Crippen LogP contribution in [0.1, 0.15) is 10.4 Å². The fourth-order valence-corrected chi connectivity index (χ4v) is 1.84. The Morgan fingerprint density at radius 2 is 2.00 bits per heavy atom. The first-order valence-electron chi connectivity index (χ1n) is 5.53. The lowest BCUT2D eigenvalue weighted by molar-refractivity contribution is -0.389. The first-order chi connectivity index (χ1) is 9.88. The Balaban J connectivity index is 2.22. The van der Waals surface area contributed by atoms with Crippen molar-refractivity contribution in [3.63, 3.8) is 0 Å². The number of non-ortho nitro benzene ring substituents is 1. The number of carbonyl (C=O) groups is 1. The Morgan fingerprint density at radius 3 is 2.57 bits per heavy atom. The number of nitrogens with zero attached hydrogens (tertiary/aromatic N) is 4. The monoisotopic (exact) mass is 310 g/mol. The van der Waals surface area contributed by atoms with Crippen LogP contribution in [0.25, 0.3) is 0 Å². The average molecular weight is 311 g/mol. The quantitative estimate of drug-likeness (QED) is 0.474. The van der Waals surface area contributed by atoms with Crippen LogP contribution in [-0.4, -0.2) is 25.4 Å². The van der Waals surface area contributed by atoms with Gasteiger partial charge in [0.15, 0.2) is 10.8 Å². The molecule has 0 aliphatic heterocycles. The van der Waals surface area contributed by atoms with E-state index < -0.39 is 21.4 Å². The number of hydrogen-bond donors (Lipinski definition) is 0. The predicted octanol–water partition coefficient (Wildman–Crippen LogP) is 2.24. The van der Waals surface area contributed by atoms with Crippen molar-refractivity contribution < 1.29 is 14.6 Å². The van der Waals surface area contributed by atoms with Gasteiger partial charge in [0.2, 0.25) is 0 Å². The molecule has 0 N–H and O–H groups in total. The molecule has 2 rings (SSSR count). The average Bonchev–Trinajstić information content (AvgIpc) is 2.79. The lowest BCUT2D eigenvalue weighted by Crippen LogP contribution is -2.11. The molecule has 0 aliphatic rings. The Hall–Kier alpha value is -2.81. The number of halogens is 1. The molecule has 0 amide bonds. The minimum absolute atomic E-state index is 0.110. The van der Waals surface area contributed by atoms with Crippen molar-refractivity contribution in [3.05, 3.63) is 61.3 Å². The molecule has 108 valence electrons. The van der Waals surface area contributed by atoms with Crippen LogP contribution in [-0.2, 0) is 6.54 Å². The second-order valence-electron chi connectivity index (χ2n) is 3.99. The minimum Gasteiger partial charge on any atom is -0.358 e. The van der Waals surface area contributed by atoms with E-state index in [1.807, 2.05) is 0 Å². The van der Waals surface area contributed by atoms with E-state index in [0.717, 1.165) is 16.9 Å². The van der Waals surface area contributed by atoms with E-state index in [0.29, 0.717) is 0 Å². The summed E-state index contributed by atoms with van der Waals surface area (Å²) >= 11 is 5.61. The molecule has 0 saturated heterocycles. The summed E-state index contributed by atoms with van der Waals surface area (Å²) in [5, 5.41) is 24.6. The summed E-state index contributed by atoms with van der Waals surface area (Å²) in [6, 6.07) is 5.17. The number of carbonyl (C=O) groups excluding carboxylic acids is 1. The van der Waals surface area contributed by atoms with Gasteiger partial charge >= 0.3 is 5.82 Å². The highest BCUT2D eigenvalue weighted by molar-refractivity contribution is 6.32. The van der Waals surface area contributed by atoms with E-state index in [2.05, 4.69) is 5.10 Å². The van der Waals surface area contributed by atoms with Crippen molar-refractivity contribution in [2.24, 2.45) is 0 Å². The van der Waals surface area contributed by atoms with Crippen LogP contribution in [0, 0.1) is 20.2 Å². The van der Waals surface area contributed by atoms with Gasteiger partial charge in [0.05, 0.1) is 16.2 Å². The van der Waals surface area contributed by atoms with E-state index in [-0.39, 0.29) is 22.8 Å². The molecule has 0 fully saturated rings. The zero-order chi connectivity index (χ0) is 15.6. The van der Waals surface area contributed by atoms with Gasteiger partial charge in [0, 0.05) is 17.7 Å². The summed E-state index contributed by atoms with van der Waals surface area (Å²) in [6.07, 6.45) is 1.15. The van der Waals surface area contributed by atoms with Crippen LogP contribution in [0.15, 0.2) is 30.5 Å². The highest BCUT2D eigenvalue weighted by atomic mass is 35.5. The lowest BCUT2D eigenvalue weighted by atomic mass is 10.1. The predicted molar refractivity (Wildman–Crippen MR) is 71.3 cm³/mol. The van der Waals surface area contributed by atoms with E-state index in [1.165, 1.54) is 18.2 Å². The van der Waals surface area contributed by atoms with Crippen molar-refractivity contribution in [1.29, 1.82) is 0 Å². The first-order valence-corrected chi connectivity index (χ1v) is 5.91. The lowest BCUT2D eigenvalue weighted by Gasteiger charge is -1.99. The molecule has 1 aromatic heterocycles. The number of ketones is 1. The summed E-state index contributed by atoms with van der Waals surface area (Å²) < 4.78 is 1.02. The molecule has 0 saturated carbocycles. The van der Waals surface area contributed by atoms with Gasteiger partial charge in [0.25, 0.3) is 5.69 Å². The fourth-order valence-electron chi connectivity index (χ4n) is 1.62. The third-order valence-corrected chi connectivity index (χ3v) is 2.82. The molecule has 0 spiro atoms. The van der Waals surface area contributed by atoms with Gasteiger partial charge in [-0.15, -0.1) is 0 Å². The smallest absolute Gasteiger partial charge is 0.358 e. The van der Waals surface area contributed by atoms with Crippen molar-refractivity contribution in [1.82, 2.24) is 9.78 Å².